The molecule has 3 heteroatoms. The average Bonchev–Trinajstić information content (AvgIpc) is 2.06. The minimum Gasteiger partial charge on any atom is -0.302 e. The minimum absolute atomic E-state index is 0.710. The molecule has 11 heavy (non-hydrogen) atoms. The summed E-state index contributed by atoms with van der Waals surface area (Å²) in [4.78, 5) is 2.40. The highest BCUT2D eigenvalue weighted by Crippen LogP contribution is 1.88. The van der Waals surface area contributed by atoms with Crippen molar-refractivity contribution in [2.75, 3.05) is 19.8 Å². The zero-order valence-corrected chi connectivity index (χ0v) is 10.4. The van der Waals surface area contributed by atoms with Gasteiger partial charge in [0.15, 0.2) is 0 Å². The second-order valence-corrected chi connectivity index (χ2v) is 3.79. The van der Waals surface area contributed by atoms with Gasteiger partial charge in [0.2, 0.25) is 0 Å². The van der Waals surface area contributed by atoms with E-state index in [4.69, 9.17) is 0 Å². The Balaban J connectivity index is 3.34. The van der Waals surface area contributed by atoms with Crippen molar-refractivity contribution >= 4 is 10.2 Å². The zero-order valence-electron chi connectivity index (χ0n) is 8.35. The van der Waals surface area contributed by atoms with Gasteiger partial charge < -0.3 is 5.32 Å². The molecule has 0 aliphatic rings. The van der Waals surface area contributed by atoms with Gasteiger partial charge in [0.1, 0.15) is 0 Å². The van der Waals surface area contributed by atoms with Gasteiger partial charge in [-0.1, -0.05) is 26.8 Å². The number of rotatable bonds is 6. The number of hydrogen-bond donors (Lipinski definition) is 1. The summed E-state index contributed by atoms with van der Waals surface area (Å²) in [5, 5.41) is 3.49. The Morgan fingerprint density at radius 2 is 1.91 bits per heavy atom. The molecule has 1 unspecified atom stereocenters. The Morgan fingerprint density at radius 1 is 1.36 bits per heavy atom. The second-order valence-electron chi connectivity index (χ2n) is 2.97. The molecule has 0 spiro atoms. The molecule has 0 fully saturated rings. The number of nitrogens with one attached hydrogen (secondary N) is 1. The summed E-state index contributed by atoms with van der Waals surface area (Å²) in [5.41, 5.74) is 0. The summed E-state index contributed by atoms with van der Waals surface area (Å²) in [7, 11) is 1.30. The molecule has 0 bridgehead atoms. The van der Waals surface area contributed by atoms with Crippen LogP contribution in [0, 0.1) is 0 Å². The summed E-state index contributed by atoms with van der Waals surface area (Å²) in [6, 6.07) is 2.06. The van der Waals surface area contributed by atoms with Crippen LogP contribution in [0.5, 0.6) is 0 Å². The topological polar surface area (TPSA) is 15.3 Å². The predicted molar refractivity (Wildman–Crippen MR) is 55.1 cm³/mol. The molecule has 0 saturated carbocycles. The van der Waals surface area contributed by atoms with Crippen LogP contribution >= 0.6 is 0 Å². The smallest absolute Gasteiger partial charge is 0.0482 e. The maximum absolute atomic E-state index is 3.49. The zero-order chi connectivity index (χ0) is 8.69. The van der Waals surface area contributed by atoms with E-state index in [-0.39, 0.29) is 0 Å². The monoisotopic (exact) mass is 174 g/mol. The summed E-state index contributed by atoms with van der Waals surface area (Å²) in [5.74, 6) is 0. The van der Waals surface area contributed by atoms with Crippen LogP contribution in [-0.4, -0.2) is 40.9 Å². The number of hydrogen-bond acceptors (Lipinski definition) is 2. The molecule has 68 valence electrons. The number of nitrogens with zero attached hydrogens (tertiary/aromatic N) is 1. The van der Waals surface area contributed by atoms with E-state index in [1.54, 1.807) is 0 Å². The molecular formula is C8H22N2Si. The summed E-state index contributed by atoms with van der Waals surface area (Å²) >= 11 is 0. The fraction of sp³-hybridized carbons (Fsp3) is 1.00. The Hall–Kier alpha value is 0.137. The van der Waals surface area contributed by atoms with Gasteiger partial charge in [-0.15, -0.1) is 0 Å². The van der Waals surface area contributed by atoms with E-state index in [0.29, 0.717) is 6.04 Å². The van der Waals surface area contributed by atoms with E-state index in [2.05, 4.69) is 31.0 Å². The molecule has 1 atom stereocenters. The Bertz CT molecular complexity index is 84.2. The molecule has 0 saturated heterocycles. The molecule has 0 aliphatic heterocycles. The molecule has 0 heterocycles. The first-order valence-corrected chi connectivity index (χ1v) is 6.11. The second kappa shape index (κ2) is 6.82. The predicted octanol–water partition coefficient (Wildman–Crippen LogP) is 0.0475. The lowest BCUT2D eigenvalue weighted by molar-refractivity contribution is 0.269. The first-order valence-electron chi connectivity index (χ1n) is 4.70. The molecule has 0 aromatic rings. The van der Waals surface area contributed by atoms with Crippen molar-refractivity contribution in [3.63, 3.8) is 0 Å². The van der Waals surface area contributed by atoms with Crippen LogP contribution in [0.25, 0.3) is 0 Å². The third-order valence-corrected chi connectivity index (χ3v) is 3.39. The summed E-state index contributed by atoms with van der Waals surface area (Å²) in [6.45, 7) is 10.0. The standard InChI is InChI=1S/C8H22N2Si/c1-4-10(5-2)7-9-8(3)6-11/h8-9H,4-7H2,1-3,11H3. The first kappa shape index (κ1) is 11.1. The van der Waals surface area contributed by atoms with Gasteiger partial charge in [-0.25, -0.2) is 0 Å². The lowest BCUT2D eigenvalue weighted by atomic mass is 10.4. The SMILES string of the molecule is CCN(CC)CNC(C)C[SiH3]. The van der Waals surface area contributed by atoms with Gasteiger partial charge in [-0.05, 0) is 13.1 Å². The van der Waals surface area contributed by atoms with Gasteiger partial charge in [0.25, 0.3) is 0 Å². The van der Waals surface area contributed by atoms with Crippen molar-refractivity contribution in [3.05, 3.63) is 0 Å². The largest absolute Gasteiger partial charge is 0.302 e. The van der Waals surface area contributed by atoms with Crippen LogP contribution in [0.1, 0.15) is 20.8 Å². The van der Waals surface area contributed by atoms with E-state index < -0.39 is 0 Å². The van der Waals surface area contributed by atoms with Crippen molar-refractivity contribution in [2.24, 2.45) is 0 Å². The van der Waals surface area contributed by atoms with Gasteiger partial charge in [-0.2, -0.15) is 0 Å². The maximum Gasteiger partial charge on any atom is 0.0482 e. The van der Waals surface area contributed by atoms with E-state index in [1.165, 1.54) is 16.3 Å². The molecule has 0 aromatic heterocycles. The molecular weight excluding hydrogens is 152 g/mol. The van der Waals surface area contributed by atoms with Crippen LogP contribution in [0.4, 0.5) is 0 Å². The third-order valence-electron chi connectivity index (χ3n) is 2.17. The quantitative estimate of drug-likeness (QED) is 0.452. The normalized spacial score (nSPS) is 14.2. The minimum atomic E-state index is 0.710. The van der Waals surface area contributed by atoms with E-state index in [0.717, 1.165) is 19.8 Å². The van der Waals surface area contributed by atoms with Crippen LogP contribution < -0.4 is 5.32 Å². The Labute approximate surface area is 73.8 Å². The van der Waals surface area contributed by atoms with Crippen molar-refractivity contribution in [1.29, 1.82) is 0 Å². The molecule has 0 aromatic carbocycles. The van der Waals surface area contributed by atoms with Gasteiger partial charge in [0, 0.05) is 23.0 Å². The van der Waals surface area contributed by atoms with Crippen LogP contribution in [0.15, 0.2) is 0 Å². The van der Waals surface area contributed by atoms with Gasteiger partial charge in [-0.3, -0.25) is 4.90 Å². The van der Waals surface area contributed by atoms with Gasteiger partial charge >= 0.3 is 0 Å². The highest BCUT2D eigenvalue weighted by atomic mass is 28.1. The Morgan fingerprint density at radius 3 is 2.27 bits per heavy atom. The molecule has 0 radical (unpaired) electrons. The average molecular weight is 174 g/mol. The molecule has 2 nitrogen and oxygen atoms in total. The highest BCUT2D eigenvalue weighted by molar-refractivity contribution is 6.08. The van der Waals surface area contributed by atoms with Crippen LogP contribution in [-0.2, 0) is 0 Å². The fourth-order valence-electron chi connectivity index (χ4n) is 0.876. The molecule has 0 rings (SSSR count). The molecule has 1 N–H and O–H groups in total. The van der Waals surface area contributed by atoms with Crippen LogP contribution in [0.3, 0.4) is 0 Å². The fourth-order valence-corrected chi connectivity index (χ4v) is 1.17. The molecule has 0 aliphatic carbocycles. The highest BCUT2D eigenvalue weighted by Gasteiger charge is 2.00. The van der Waals surface area contributed by atoms with Crippen LogP contribution in [0.2, 0.25) is 6.04 Å². The van der Waals surface area contributed by atoms with E-state index >= 15 is 0 Å². The van der Waals surface area contributed by atoms with Crippen molar-refractivity contribution < 1.29 is 0 Å². The molecule has 0 amide bonds. The lowest BCUT2D eigenvalue weighted by Gasteiger charge is -2.21. The first-order chi connectivity index (χ1) is 5.24. The third kappa shape index (κ3) is 5.41. The van der Waals surface area contributed by atoms with Crippen molar-refractivity contribution in [3.8, 4) is 0 Å². The summed E-state index contributed by atoms with van der Waals surface area (Å²) in [6.07, 6.45) is 0. The van der Waals surface area contributed by atoms with E-state index in [9.17, 15) is 0 Å². The summed E-state index contributed by atoms with van der Waals surface area (Å²) < 4.78 is 0. The maximum atomic E-state index is 3.49. The Kier molecular flexibility index (Phi) is 6.91. The van der Waals surface area contributed by atoms with E-state index in [1.807, 2.05) is 0 Å². The van der Waals surface area contributed by atoms with Crippen molar-refractivity contribution in [1.82, 2.24) is 10.2 Å². The van der Waals surface area contributed by atoms with Gasteiger partial charge in [0.05, 0.1) is 0 Å². The lowest BCUT2D eigenvalue weighted by Crippen LogP contribution is -2.38. The van der Waals surface area contributed by atoms with Crippen molar-refractivity contribution in [2.45, 2.75) is 32.9 Å².